The third-order valence-corrected chi connectivity index (χ3v) is 5.00. The molecule has 136 valence electrons. The Hall–Kier alpha value is -0.810. The summed E-state index contributed by atoms with van der Waals surface area (Å²) >= 11 is 0. The fraction of sp³-hybridized carbons (Fsp3) is 0.611. The second-order valence-corrected chi connectivity index (χ2v) is 6.75. The summed E-state index contributed by atoms with van der Waals surface area (Å²) in [6, 6.07) is 10.6. The molecular weight excluding hydrogens is 345 g/mol. The molecule has 3 unspecified atom stereocenters. The summed E-state index contributed by atoms with van der Waals surface area (Å²) < 4.78 is 0. The molecule has 1 aliphatic carbocycles. The van der Waals surface area contributed by atoms with Crippen LogP contribution in [0.1, 0.15) is 43.7 Å². The molecule has 1 amide bonds. The summed E-state index contributed by atoms with van der Waals surface area (Å²) in [5.74, 6) is 0.279. The monoisotopic (exact) mass is 373 g/mol. The van der Waals surface area contributed by atoms with Gasteiger partial charge in [0.1, 0.15) is 0 Å². The molecule has 2 aliphatic rings. The van der Waals surface area contributed by atoms with Crippen molar-refractivity contribution in [3.8, 4) is 0 Å². The zero-order valence-electron chi connectivity index (χ0n) is 14.0. The van der Waals surface area contributed by atoms with E-state index in [9.17, 15) is 4.79 Å². The molecule has 1 saturated carbocycles. The van der Waals surface area contributed by atoms with Gasteiger partial charge in [-0.05, 0) is 50.8 Å². The summed E-state index contributed by atoms with van der Waals surface area (Å²) in [5, 5.41) is 3.29. The van der Waals surface area contributed by atoms with Crippen molar-refractivity contribution in [2.24, 2.45) is 11.7 Å². The van der Waals surface area contributed by atoms with Crippen molar-refractivity contribution in [1.82, 2.24) is 10.2 Å². The minimum Gasteiger partial charge on any atom is -0.348 e. The SMILES string of the molecule is Cl.Cl.NC1CCC(C(=O)NC(CN2CCCC2)c2ccccc2)C1. The van der Waals surface area contributed by atoms with Crippen LogP contribution >= 0.6 is 24.8 Å². The Morgan fingerprint density at radius 1 is 1.17 bits per heavy atom. The van der Waals surface area contributed by atoms with Crippen LogP contribution in [0.4, 0.5) is 0 Å². The minimum absolute atomic E-state index is 0. The van der Waals surface area contributed by atoms with Gasteiger partial charge in [0.25, 0.3) is 0 Å². The second kappa shape index (κ2) is 10.2. The Bertz CT molecular complexity index is 494. The van der Waals surface area contributed by atoms with Gasteiger partial charge in [0, 0.05) is 18.5 Å². The number of likely N-dealkylation sites (tertiary alicyclic amines) is 1. The maximum Gasteiger partial charge on any atom is 0.223 e. The molecule has 24 heavy (non-hydrogen) atoms. The molecule has 3 atom stereocenters. The number of rotatable bonds is 5. The van der Waals surface area contributed by atoms with Crippen LogP contribution in [-0.2, 0) is 4.79 Å². The first kappa shape index (κ1) is 21.2. The van der Waals surface area contributed by atoms with E-state index in [4.69, 9.17) is 5.73 Å². The van der Waals surface area contributed by atoms with Crippen LogP contribution in [0.2, 0.25) is 0 Å². The van der Waals surface area contributed by atoms with Gasteiger partial charge < -0.3 is 16.0 Å². The molecule has 1 aliphatic heterocycles. The number of hydrogen-bond donors (Lipinski definition) is 2. The van der Waals surface area contributed by atoms with Crippen molar-refractivity contribution in [2.75, 3.05) is 19.6 Å². The number of nitrogens with one attached hydrogen (secondary N) is 1. The van der Waals surface area contributed by atoms with Gasteiger partial charge in [0.15, 0.2) is 0 Å². The number of benzene rings is 1. The van der Waals surface area contributed by atoms with Gasteiger partial charge in [-0.2, -0.15) is 0 Å². The molecule has 0 aromatic heterocycles. The first-order valence-corrected chi connectivity index (χ1v) is 8.55. The predicted molar refractivity (Wildman–Crippen MR) is 103 cm³/mol. The topological polar surface area (TPSA) is 58.4 Å². The Balaban J connectivity index is 0.00000144. The van der Waals surface area contributed by atoms with Crippen molar-refractivity contribution in [3.63, 3.8) is 0 Å². The average Bonchev–Trinajstić information content (AvgIpc) is 3.19. The van der Waals surface area contributed by atoms with Gasteiger partial charge in [-0.25, -0.2) is 0 Å². The average molecular weight is 374 g/mol. The fourth-order valence-electron chi connectivity index (χ4n) is 3.69. The van der Waals surface area contributed by atoms with Crippen molar-refractivity contribution < 1.29 is 4.79 Å². The van der Waals surface area contributed by atoms with Crippen molar-refractivity contribution in [1.29, 1.82) is 0 Å². The van der Waals surface area contributed by atoms with E-state index in [0.717, 1.165) is 38.9 Å². The summed E-state index contributed by atoms with van der Waals surface area (Å²) in [6.45, 7) is 3.20. The Morgan fingerprint density at radius 3 is 2.42 bits per heavy atom. The number of carbonyl (C=O) groups excluding carboxylic acids is 1. The minimum atomic E-state index is 0. The highest BCUT2D eigenvalue weighted by atomic mass is 35.5. The smallest absolute Gasteiger partial charge is 0.223 e. The van der Waals surface area contributed by atoms with Crippen LogP contribution in [0.5, 0.6) is 0 Å². The third-order valence-electron chi connectivity index (χ3n) is 5.00. The zero-order valence-corrected chi connectivity index (χ0v) is 15.7. The van der Waals surface area contributed by atoms with Crippen LogP contribution < -0.4 is 11.1 Å². The number of halogens is 2. The lowest BCUT2D eigenvalue weighted by atomic mass is 10.0. The van der Waals surface area contributed by atoms with E-state index in [1.807, 2.05) is 18.2 Å². The molecule has 2 fully saturated rings. The maximum atomic E-state index is 12.6. The zero-order chi connectivity index (χ0) is 15.4. The van der Waals surface area contributed by atoms with Crippen molar-refractivity contribution >= 4 is 30.7 Å². The first-order chi connectivity index (χ1) is 10.7. The Morgan fingerprint density at radius 2 is 1.83 bits per heavy atom. The summed E-state index contributed by atoms with van der Waals surface area (Å²) in [7, 11) is 0. The van der Waals surface area contributed by atoms with E-state index in [0.29, 0.717) is 0 Å². The van der Waals surface area contributed by atoms with Gasteiger partial charge in [-0.15, -0.1) is 24.8 Å². The van der Waals surface area contributed by atoms with Crippen LogP contribution in [0, 0.1) is 5.92 Å². The van der Waals surface area contributed by atoms with E-state index in [1.54, 1.807) is 0 Å². The van der Waals surface area contributed by atoms with Gasteiger partial charge in [0.2, 0.25) is 5.91 Å². The van der Waals surface area contributed by atoms with E-state index in [-0.39, 0.29) is 48.7 Å². The molecule has 6 heteroatoms. The van der Waals surface area contributed by atoms with Gasteiger partial charge in [-0.1, -0.05) is 30.3 Å². The first-order valence-electron chi connectivity index (χ1n) is 8.55. The van der Waals surface area contributed by atoms with Gasteiger partial charge in [-0.3, -0.25) is 4.79 Å². The Kier molecular flexibility index (Phi) is 9.06. The second-order valence-electron chi connectivity index (χ2n) is 6.75. The standard InChI is InChI=1S/C18H27N3O.2ClH/c19-16-9-8-15(12-16)18(22)20-17(13-21-10-4-5-11-21)14-6-2-1-3-7-14;;/h1-3,6-7,15-17H,4-5,8-13,19H2,(H,20,22);2*1H. The normalized spacial score (nSPS) is 24.7. The molecule has 4 nitrogen and oxygen atoms in total. The molecule has 0 spiro atoms. The summed E-state index contributed by atoms with van der Waals surface area (Å²) in [4.78, 5) is 15.0. The van der Waals surface area contributed by atoms with Crippen molar-refractivity contribution in [2.45, 2.75) is 44.2 Å². The molecular formula is C18H29Cl2N3O. The van der Waals surface area contributed by atoms with E-state index >= 15 is 0 Å². The van der Waals surface area contributed by atoms with Crippen LogP contribution in [0.25, 0.3) is 0 Å². The molecule has 0 bridgehead atoms. The van der Waals surface area contributed by atoms with E-state index in [2.05, 4.69) is 22.3 Å². The molecule has 3 rings (SSSR count). The van der Waals surface area contributed by atoms with Gasteiger partial charge >= 0.3 is 0 Å². The number of nitrogens with two attached hydrogens (primary N) is 1. The molecule has 1 saturated heterocycles. The Labute approximate surface area is 157 Å². The highest BCUT2D eigenvalue weighted by molar-refractivity contribution is 5.85. The molecule has 1 aromatic carbocycles. The molecule has 1 aromatic rings. The fourth-order valence-corrected chi connectivity index (χ4v) is 3.69. The lowest BCUT2D eigenvalue weighted by Crippen LogP contribution is -2.39. The maximum absolute atomic E-state index is 12.6. The number of hydrogen-bond acceptors (Lipinski definition) is 3. The highest BCUT2D eigenvalue weighted by Gasteiger charge is 2.30. The molecule has 1 heterocycles. The lowest BCUT2D eigenvalue weighted by Gasteiger charge is -2.26. The molecule has 0 radical (unpaired) electrons. The van der Waals surface area contributed by atoms with Crippen molar-refractivity contribution in [3.05, 3.63) is 35.9 Å². The quantitative estimate of drug-likeness (QED) is 0.833. The highest BCUT2D eigenvalue weighted by Crippen LogP contribution is 2.26. The number of amides is 1. The molecule has 3 N–H and O–H groups in total. The van der Waals surface area contributed by atoms with Crippen LogP contribution in [0.3, 0.4) is 0 Å². The van der Waals surface area contributed by atoms with E-state index < -0.39 is 0 Å². The summed E-state index contributed by atoms with van der Waals surface area (Å²) in [5.41, 5.74) is 7.15. The lowest BCUT2D eigenvalue weighted by molar-refractivity contribution is -0.125. The van der Waals surface area contributed by atoms with Crippen LogP contribution in [0.15, 0.2) is 30.3 Å². The summed E-state index contributed by atoms with van der Waals surface area (Å²) in [6.07, 6.45) is 5.27. The third kappa shape index (κ3) is 5.62. The van der Waals surface area contributed by atoms with Crippen LogP contribution in [-0.4, -0.2) is 36.5 Å². The van der Waals surface area contributed by atoms with E-state index in [1.165, 1.54) is 18.4 Å². The number of nitrogens with zero attached hydrogens (tertiary/aromatic N) is 1. The predicted octanol–water partition coefficient (Wildman–Crippen LogP) is 2.91. The van der Waals surface area contributed by atoms with Gasteiger partial charge in [0.05, 0.1) is 6.04 Å². The largest absolute Gasteiger partial charge is 0.348 e. The number of carbonyl (C=O) groups is 1.